The minimum absolute atomic E-state index is 0.00207. The Morgan fingerprint density at radius 1 is 1.14 bits per heavy atom. The van der Waals surface area contributed by atoms with E-state index in [1.54, 1.807) is 24.3 Å². The van der Waals surface area contributed by atoms with Gasteiger partial charge in [0, 0.05) is 18.4 Å². The second-order valence-corrected chi connectivity index (χ2v) is 5.17. The van der Waals surface area contributed by atoms with Gasteiger partial charge < -0.3 is 5.73 Å². The number of hydrogen-bond acceptors (Lipinski definition) is 5. The Bertz CT molecular complexity index is 685. The smallest absolute Gasteiger partial charge is 0.267 e. The van der Waals surface area contributed by atoms with Gasteiger partial charge >= 0.3 is 0 Å². The molecule has 0 spiro atoms. The Morgan fingerprint density at radius 3 is 2.57 bits per heavy atom. The van der Waals surface area contributed by atoms with Crippen molar-refractivity contribution in [1.82, 2.24) is 10.2 Å². The van der Waals surface area contributed by atoms with Crippen molar-refractivity contribution in [3.63, 3.8) is 0 Å². The molecule has 2 heterocycles. The standard InChI is InChI=1S/C14H13N3O4/c15-14(6-5-10(18)16-13(14)21)17-11(19)7-8-3-1-2-4-9(8)12(17)20/h1-4H,5-7,15H2,(H,16,18,21)/t14-/m0/s1. The third-order valence-electron chi connectivity index (χ3n) is 3.82. The molecule has 7 nitrogen and oxygen atoms in total. The van der Waals surface area contributed by atoms with E-state index >= 15 is 0 Å². The van der Waals surface area contributed by atoms with Crippen molar-refractivity contribution in [3.05, 3.63) is 35.4 Å². The number of hydrogen-bond donors (Lipinski definition) is 2. The maximum atomic E-state index is 12.5. The summed E-state index contributed by atoms with van der Waals surface area (Å²) in [5, 5.41) is 2.08. The summed E-state index contributed by atoms with van der Waals surface area (Å²) < 4.78 is 0. The summed E-state index contributed by atoms with van der Waals surface area (Å²) in [6.07, 6.45) is -0.0830. The zero-order valence-electron chi connectivity index (χ0n) is 11.1. The lowest BCUT2D eigenvalue weighted by Crippen LogP contribution is -2.71. The van der Waals surface area contributed by atoms with Crippen LogP contribution in [0.3, 0.4) is 0 Å². The Balaban J connectivity index is 2.03. The average Bonchev–Trinajstić information content (AvgIpc) is 2.44. The molecular formula is C14H13N3O4. The molecule has 108 valence electrons. The van der Waals surface area contributed by atoms with Crippen molar-refractivity contribution >= 4 is 23.6 Å². The van der Waals surface area contributed by atoms with Crippen molar-refractivity contribution in [1.29, 1.82) is 0 Å². The first-order chi connectivity index (χ1) is 9.93. The molecule has 0 radical (unpaired) electrons. The second-order valence-electron chi connectivity index (χ2n) is 5.17. The highest BCUT2D eigenvalue weighted by Gasteiger charge is 2.51. The molecule has 1 aromatic carbocycles. The van der Waals surface area contributed by atoms with Crippen LogP contribution < -0.4 is 11.1 Å². The van der Waals surface area contributed by atoms with E-state index in [-0.39, 0.29) is 19.3 Å². The predicted octanol–water partition coefficient (Wildman–Crippen LogP) is -0.697. The van der Waals surface area contributed by atoms with Crippen LogP contribution in [0.15, 0.2) is 24.3 Å². The zero-order chi connectivity index (χ0) is 15.2. The highest BCUT2D eigenvalue weighted by atomic mass is 16.2. The SMILES string of the molecule is N[C@]1(N2C(=O)Cc3ccccc3C2=O)CCC(=O)NC1=O. The van der Waals surface area contributed by atoms with Gasteiger partial charge in [-0.05, 0) is 11.6 Å². The molecule has 0 bridgehead atoms. The van der Waals surface area contributed by atoms with E-state index in [0.29, 0.717) is 11.1 Å². The molecule has 1 atom stereocenters. The van der Waals surface area contributed by atoms with Crippen LogP contribution in [0.1, 0.15) is 28.8 Å². The van der Waals surface area contributed by atoms with Gasteiger partial charge in [-0.3, -0.25) is 24.5 Å². The van der Waals surface area contributed by atoms with Crippen molar-refractivity contribution in [2.24, 2.45) is 5.73 Å². The molecule has 4 amide bonds. The van der Waals surface area contributed by atoms with Crippen LogP contribution in [-0.2, 0) is 20.8 Å². The molecule has 1 aromatic rings. The lowest BCUT2D eigenvalue weighted by atomic mass is 9.91. The Hall–Kier alpha value is -2.54. The van der Waals surface area contributed by atoms with E-state index in [9.17, 15) is 19.2 Å². The van der Waals surface area contributed by atoms with Crippen LogP contribution in [0.25, 0.3) is 0 Å². The first kappa shape index (κ1) is 13.4. The number of amides is 4. The number of benzene rings is 1. The summed E-state index contributed by atoms with van der Waals surface area (Å²) in [4.78, 5) is 48.8. The quantitative estimate of drug-likeness (QED) is 0.664. The third-order valence-corrected chi connectivity index (χ3v) is 3.82. The third kappa shape index (κ3) is 1.93. The minimum atomic E-state index is -1.81. The predicted molar refractivity (Wildman–Crippen MR) is 70.6 cm³/mol. The highest BCUT2D eigenvalue weighted by molar-refractivity contribution is 6.14. The number of nitrogens with zero attached hydrogens (tertiary/aromatic N) is 1. The summed E-state index contributed by atoms with van der Waals surface area (Å²) >= 11 is 0. The fourth-order valence-electron chi connectivity index (χ4n) is 2.69. The summed E-state index contributed by atoms with van der Waals surface area (Å²) in [5.74, 6) is -2.42. The number of carbonyl (C=O) groups excluding carboxylic acids is 4. The molecule has 0 aliphatic carbocycles. The lowest BCUT2D eigenvalue weighted by Gasteiger charge is -2.41. The zero-order valence-corrected chi connectivity index (χ0v) is 11.1. The van der Waals surface area contributed by atoms with Crippen LogP contribution in [0.2, 0.25) is 0 Å². The van der Waals surface area contributed by atoms with Gasteiger partial charge in [0.15, 0.2) is 5.66 Å². The molecule has 0 saturated carbocycles. The average molecular weight is 287 g/mol. The topological polar surface area (TPSA) is 110 Å². The first-order valence-electron chi connectivity index (χ1n) is 6.52. The number of nitrogens with two attached hydrogens (primary N) is 1. The minimum Gasteiger partial charge on any atom is -0.300 e. The van der Waals surface area contributed by atoms with E-state index in [1.807, 2.05) is 0 Å². The molecule has 2 aliphatic rings. The number of carbonyl (C=O) groups is 4. The van der Waals surface area contributed by atoms with E-state index in [2.05, 4.69) is 5.32 Å². The highest BCUT2D eigenvalue weighted by Crippen LogP contribution is 2.28. The largest absolute Gasteiger partial charge is 0.300 e. The molecule has 3 N–H and O–H groups in total. The van der Waals surface area contributed by atoms with Crippen molar-refractivity contribution < 1.29 is 19.2 Å². The number of fused-ring (bicyclic) bond motifs is 1. The van der Waals surface area contributed by atoms with E-state index in [1.165, 1.54) is 0 Å². The number of rotatable bonds is 1. The molecule has 0 unspecified atom stereocenters. The van der Waals surface area contributed by atoms with Gasteiger partial charge in [-0.1, -0.05) is 18.2 Å². The Labute approximate surface area is 120 Å². The molecule has 1 fully saturated rings. The van der Waals surface area contributed by atoms with Crippen LogP contribution in [0.5, 0.6) is 0 Å². The summed E-state index contributed by atoms with van der Waals surface area (Å²) in [6, 6.07) is 6.69. The molecular weight excluding hydrogens is 274 g/mol. The molecule has 0 aromatic heterocycles. The van der Waals surface area contributed by atoms with E-state index < -0.39 is 29.3 Å². The van der Waals surface area contributed by atoms with Gasteiger partial charge in [0.1, 0.15) is 0 Å². The van der Waals surface area contributed by atoms with Crippen molar-refractivity contribution in [2.45, 2.75) is 24.9 Å². The first-order valence-corrected chi connectivity index (χ1v) is 6.52. The normalized spacial score (nSPS) is 25.7. The van der Waals surface area contributed by atoms with Gasteiger partial charge in [-0.25, -0.2) is 4.90 Å². The van der Waals surface area contributed by atoms with E-state index in [4.69, 9.17) is 5.73 Å². The van der Waals surface area contributed by atoms with Crippen molar-refractivity contribution in [2.75, 3.05) is 0 Å². The number of nitrogens with one attached hydrogen (secondary N) is 1. The maximum Gasteiger partial charge on any atom is 0.267 e. The van der Waals surface area contributed by atoms with Crippen LogP contribution >= 0.6 is 0 Å². The van der Waals surface area contributed by atoms with Crippen molar-refractivity contribution in [3.8, 4) is 0 Å². The van der Waals surface area contributed by atoms with Crippen LogP contribution in [-0.4, -0.2) is 34.2 Å². The summed E-state index contributed by atoms with van der Waals surface area (Å²) in [6.45, 7) is 0. The van der Waals surface area contributed by atoms with Gasteiger partial charge in [0.05, 0.1) is 6.42 Å². The fourth-order valence-corrected chi connectivity index (χ4v) is 2.69. The molecule has 21 heavy (non-hydrogen) atoms. The van der Waals surface area contributed by atoms with Gasteiger partial charge in [0.2, 0.25) is 11.8 Å². The monoisotopic (exact) mass is 287 g/mol. The fraction of sp³-hybridized carbons (Fsp3) is 0.286. The summed E-state index contributed by atoms with van der Waals surface area (Å²) in [5.41, 5.74) is 5.15. The van der Waals surface area contributed by atoms with Gasteiger partial charge in [0.25, 0.3) is 11.8 Å². The van der Waals surface area contributed by atoms with Crippen LogP contribution in [0.4, 0.5) is 0 Å². The number of piperidine rings is 1. The molecule has 3 rings (SSSR count). The molecule has 2 aliphatic heterocycles. The van der Waals surface area contributed by atoms with E-state index in [0.717, 1.165) is 4.90 Å². The summed E-state index contributed by atoms with van der Waals surface area (Å²) in [7, 11) is 0. The molecule has 1 saturated heterocycles. The number of imide groups is 2. The maximum absolute atomic E-state index is 12.5. The van der Waals surface area contributed by atoms with Gasteiger partial charge in [-0.2, -0.15) is 0 Å². The van der Waals surface area contributed by atoms with Crippen LogP contribution in [0, 0.1) is 0 Å². The molecule has 7 heteroatoms. The lowest BCUT2D eigenvalue weighted by molar-refractivity contribution is -0.150. The Kier molecular flexibility index (Phi) is 2.87. The second kappa shape index (κ2) is 4.49. The Morgan fingerprint density at radius 2 is 1.86 bits per heavy atom. The van der Waals surface area contributed by atoms with Gasteiger partial charge in [-0.15, -0.1) is 0 Å².